The molecular weight excluding hydrogens is 302 g/mol. The maximum absolute atomic E-state index is 12.9. The molecule has 2 aromatic rings. The first kappa shape index (κ1) is 15.7. The molecule has 1 aromatic carbocycles. The predicted molar refractivity (Wildman–Crippen MR) is 94.0 cm³/mol. The van der Waals surface area contributed by atoms with Crippen molar-refractivity contribution in [2.75, 3.05) is 26.2 Å². The van der Waals surface area contributed by atoms with Crippen molar-refractivity contribution in [1.82, 2.24) is 14.8 Å². The second-order valence-corrected chi connectivity index (χ2v) is 7.04. The molecule has 4 rings (SSSR count). The van der Waals surface area contributed by atoms with E-state index in [1.54, 1.807) is 0 Å². The van der Waals surface area contributed by atoms with Gasteiger partial charge in [0.25, 0.3) is 5.91 Å². The highest BCUT2D eigenvalue weighted by Gasteiger charge is 2.29. The van der Waals surface area contributed by atoms with Crippen LogP contribution in [0.25, 0.3) is 10.9 Å². The van der Waals surface area contributed by atoms with E-state index in [4.69, 9.17) is 0 Å². The number of H-pyrrole nitrogens is 1. The van der Waals surface area contributed by atoms with E-state index in [1.165, 1.54) is 0 Å². The second kappa shape index (κ2) is 6.57. The topological polar surface area (TPSA) is 59.6 Å². The number of amides is 1. The zero-order valence-corrected chi connectivity index (χ0v) is 13.9. The van der Waals surface area contributed by atoms with Crippen LogP contribution < -0.4 is 0 Å². The average molecular weight is 327 g/mol. The van der Waals surface area contributed by atoms with Gasteiger partial charge in [-0.15, -0.1) is 0 Å². The number of fused-ring (bicyclic) bond motifs is 1. The van der Waals surface area contributed by atoms with Crippen LogP contribution in [-0.4, -0.2) is 64.1 Å². The fraction of sp³-hybridized carbons (Fsp3) is 0.526. The lowest BCUT2D eigenvalue weighted by Crippen LogP contribution is -2.49. The van der Waals surface area contributed by atoms with E-state index < -0.39 is 0 Å². The van der Waals surface area contributed by atoms with E-state index in [0.717, 1.165) is 68.3 Å². The molecule has 0 unspecified atom stereocenters. The van der Waals surface area contributed by atoms with Crippen molar-refractivity contribution in [2.24, 2.45) is 0 Å². The summed E-state index contributed by atoms with van der Waals surface area (Å²) in [7, 11) is 0. The molecule has 5 heteroatoms. The van der Waals surface area contributed by atoms with Gasteiger partial charge in [0.15, 0.2) is 0 Å². The Morgan fingerprint density at radius 2 is 1.79 bits per heavy atom. The van der Waals surface area contributed by atoms with Crippen molar-refractivity contribution >= 4 is 16.8 Å². The number of hydrogen-bond acceptors (Lipinski definition) is 3. The molecule has 3 heterocycles. The standard InChI is InChI=1S/C19H25N3O2/c23-16-7-12-21(13-8-16)15-5-10-22(11-6-15)19(24)17-3-1-2-14-4-9-20-18(14)17/h1-4,9,15-16,20,23H,5-8,10-13H2. The first-order valence-corrected chi connectivity index (χ1v) is 9.00. The number of aliphatic hydroxyl groups excluding tert-OH is 1. The van der Waals surface area contributed by atoms with Gasteiger partial charge in [-0.25, -0.2) is 0 Å². The molecule has 0 atom stereocenters. The number of piperidine rings is 2. The number of aromatic amines is 1. The summed E-state index contributed by atoms with van der Waals surface area (Å²) in [5, 5.41) is 10.7. The van der Waals surface area contributed by atoms with Crippen LogP contribution in [0.5, 0.6) is 0 Å². The van der Waals surface area contributed by atoms with Crippen molar-refractivity contribution < 1.29 is 9.90 Å². The quantitative estimate of drug-likeness (QED) is 0.889. The zero-order valence-electron chi connectivity index (χ0n) is 13.9. The lowest BCUT2D eigenvalue weighted by Gasteiger charge is -2.41. The number of aliphatic hydroxyl groups is 1. The smallest absolute Gasteiger partial charge is 0.255 e. The van der Waals surface area contributed by atoms with E-state index in [0.29, 0.717) is 6.04 Å². The van der Waals surface area contributed by atoms with Gasteiger partial charge in [-0.3, -0.25) is 4.79 Å². The number of nitrogens with one attached hydrogen (secondary N) is 1. The number of hydrogen-bond donors (Lipinski definition) is 2. The molecule has 2 saturated heterocycles. The van der Waals surface area contributed by atoms with Crippen molar-refractivity contribution in [3.05, 3.63) is 36.0 Å². The SMILES string of the molecule is O=C(c1cccc2cc[nH]c12)N1CCC(N2CCC(O)CC2)CC1. The van der Waals surface area contributed by atoms with E-state index in [2.05, 4.69) is 9.88 Å². The summed E-state index contributed by atoms with van der Waals surface area (Å²) in [5.74, 6) is 0.135. The molecule has 1 aromatic heterocycles. The van der Waals surface area contributed by atoms with Crippen molar-refractivity contribution in [1.29, 1.82) is 0 Å². The van der Waals surface area contributed by atoms with E-state index in [-0.39, 0.29) is 12.0 Å². The molecule has 0 saturated carbocycles. The predicted octanol–water partition coefficient (Wildman–Crippen LogP) is 2.23. The Morgan fingerprint density at radius 3 is 2.54 bits per heavy atom. The minimum Gasteiger partial charge on any atom is -0.393 e. The molecule has 0 aliphatic carbocycles. The van der Waals surface area contributed by atoms with Gasteiger partial charge in [-0.05, 0) is 37.8 Å². The number of rotatable bonds is 2. The van der Waals surface area contributed by atoms with Gasteiger partial charge < -0.3 is 19.9 Å². The second-order valence-electron chi connectivity index (χ2n) is 7.04. The summed E-state index contributed by atoms with van der Waals surface area (Å²) in [6.45, 7) is 3.61. The number of aromatic nitrogens is 1. The molecule has 2 N–H and O–H groups in total. The third-order valence-corrected chi connectivity index (χ3v) is 5.58. The van der Waals surface area contributed by atoms with Crippen LogP contribution in [0, 0.1) is 0 Å². The van der Waals surface area contributed by atoms with E-state index in [9.17, 15) is 9.90 Å². The van der Waals surface area contributed by atoms with Gasteiger partial charge >= 0.3 is 0 Å². The monoisotopic (exact) mass is 327 g/mol. The largest absolute Gasteiger partial charge is 0.393 e. The Hall–Kier alpha value is -1.85. The number of benzene rings is 1. The summed E-state index contributed by atoms with van der Waals surface area (Å²) in [6, 6.07) is 8.46. The van der Waals surface area contributed by atoms with Crippen LogP contribution in [0.2, 0.25) is 0 Å². The fourth-order valence-corrected chi connectivity index (χ4v) is 4.12. The molecule has 1 amide bonds. The van der Waals surface area contributed by atoms with Gasteiger partial charge in [0.1, 0.15) is 0 Å². The average Bonchev–Trinajstić information content (AvgIpc) is 3.11. The highest BCUT2D eigenvalue weighted by atomic mass is 16.3. The van der Waals surface area contributed by atoms with Gasteiger partial charge in [0.2, 0.25) is 0 Å². The lowest BCUT2D eigenvalue weighted by atomic mass is 9.98. The molecule has 128 valence electrons. The third-order valence-electron chi connectivity index (χ3n) is 5.58. The first-order valence-electron chi connectivity index (χ1n) is 9.00. The summed E-state index contributed by atoms with van der Waals surface area (Å²) >= 11 is 0. The van der Waals surface area contributed by atoms with Crippen molar-refractivity contribution in [3.63, 3.8) is 0 Å². The molecule has 5 nitrogen and oxygen atoms in total. The highest BCUT2D eigenvalue weighted by Crippen LogP contribution is 2.24. The Bertz CT molecular complexity index is 710. The van der Waals surface area contributed by atoms with Crippen LogP contribution >= 0.6 is 0 Å². The maximum atomic E-state index is 12.9. The van der Waals surface area contributed by atoms with Crippen LogP contribution in [0.1, 0.15) is 36.0 Å². The summed E-state index contributed by atoms with van der Waals surface area (Å²) in [4.78, 5) is 20.6. The van der Waals surface area contributed by atoms with Crippen molar-refractivity contribution in [2.45, 2.75) is 37.8 Å². The van der Waals surface area contributed by atoms with Gasteiger partial charge in [0, 0.05) is 43.8 Å². The molecular formula is C19H25N3O2. The Morgan fingerprint density at radius 1 is 1.04 bits per heavy atom. The van der Waals surface area contributed by atoms with Gasteiger partial charge in [-0.2, -0.15) is 0 Å². The van der Waals surface area contributed by atoms with Crippen molar-refractivity contribution in [3.8, 4) is 0 Å². The van der Waals surface area contributed by atoms with E-state index >= 15 is 0 Å². The minimum absolute atomic E-state index is 0.121. The molecule has 2 aliphatic heterocycles. The van der Waals surface area contributed by atoms with E-state index in [1.807, 2.05) is 35.4 Å². The Labute approximate surface area is 142 Å². The highest BCUT2D eigenvalue weighted by molar-refractivity contribution is 6.05. The Kier molecular flexibility index (Phi) is 4.29. The number of carbonyl (C=O) groups excluding carboxylic acids is 1. The summed E-state index contributed by atoms with van der Waals surface area (Å²) in [6.07, 6.45) is 5.59. The molecule has 24 heavy (non-hydrogen) atoms. The molecule has 0 spiro atoms. The third kappa shape index (κ3) is 2.94. The van der Waals surface area contributed by atoms with Crippen LogP contribution in [-0.2, 0) is 0 Å². The lowest BCUT2D eigenvalue weighted by molar-refractivity contribution is 0.0357. The zero-order chi connectivity index (χ0) is 16.5. The number of nitrogens with zero attached hydrogens (tertiary/aromatic N) is 2. The maximum Gasteiger partial charge on any atom is 0.255 e. The molecule has 2 aliphatic rings. The number of carbonyl (C=O) groups is 1. The van der Waals surface area contributed by atoms with Gasteiger partial charge in [0.05, 0.1) is 17.2 Å². The fourth-order valence-electron chi connectivity index (χ4n) is 4.12. The van der Waals surface area contributed by atoms with Gasteiger partial charge in [-0.1, -0.05) is 12.1 Å². The van der Waals surface area contributed by atoms with Crippen LogP contribution in [0.3, 0.4) is 0 Å². The molecule has 0 radical (unpaired) electrons. The summed E-state index contributed by atoms with van der Waals surface area (Å²) in [5.41, 5.74) is 1.71. The van der Waals surface area contributed by atoms with Crippen LogP contribution in [0.15, 0.2) is 30.5 Å². The minimum atomic E-state index is -0.121. The number of para-hydroxylation sites is 1. The summed E-state index contributed by atoms with van der Waals surface area (Å²) < 4.78 is 0. The van der Waals surface area contributed by atoms with Crippen LogP contribution in [0.4, 0.5) is 0 Å². The normalized spacial score (nSPS) is 21.5. The first-order chi connectivity index (χ1) is 11.7. The molecule has 0 bridgehead atoms. The Balaban J connectivity index is 1.40. The molecule has 2 fully saturated rings. The number of likely N-dealkylation sites (tertiary alicyclic amines) is 2.